The van der Waals surface area contributed by atoms with E-state index in [-0.39, 0.29) is 11.8 Å². The lowest BCUT2D eigenvalue weighted by Crippen LogP contribution is -2.13. The number of benzene rings is 1. The van der Waals surface area contributed by atoms with Gasteiger partial charge in [-0.05, 0) is 25.0 Å². The predicted octanol–water partition coefficient (Wildman–Crippen LogP) is 1.85. The number of rotatable bonds is 3. The molecule has 1 aliphatic carbocycles. The maximum absolute atomic E-state index is 11.4. The Bertz CT molecular complexity index is 369. The van der Waals surface area contributed by atoms with Crippen LogP contribution in [0.15, 0.2) is 24.3 Å². The summed E-state index contributed by atoms with van der Waals surface area (Å²) < 4.78 is 0. The lowest BCUT2D eigenvalue weighted by Gasteiger charge is -2.03. The first-order valence-electron chi connectivity index (χ1n) is 4.66. The van der Waals surface area contributed by atoms with E-state index >= 15 is 0 Å². The van der Waals surface area contributed by atoms with Crippen LogP contribution < -0.4 is 5.32 Å². The van der Waals surface area contributed by atoms with Gasteiger partial charge in [0.1, 0.15) is 6.29 Å². The van der Waals surface area contributed by atoms with Crippen LogP contribution in [0.3, 0.4) is 0 Å². The van der Waals surface area contributed by atoms with Gasteiger partial charge in [-0.15, -0.1) is 0 Å². The van der Waals surface area contributed by atoms with Gasteiger partial charge in [-0.1, -0.05) is 12.1 Å². The van der Waals surface area contributed by atoms with Crippen molar-refractivity contribution in [3.63, 3.8) is 0 Å². The Hall–Kier alpha value is -1.64. The van der Waals surface area contributed by atoms with Crippen molar-refractivity contribution in [3.8, 4) is 0 Å². The molecule has 1 aromatic carbocycles. The standard InChI is InChI=1S/C11H11NO2/c13-7-8-2-1-3-10(6-8)12-11(14)9-4-5-9/h1-3,6-7,9H,4-5H2,(H,12,14). The zero-order valence-corrected chi connectivity index (χ0v) is 7.69. The molecule has 1 N–H and O–H groups in total. The van der Waals surface area contributed by atoms with Gasteiger partial charge in [0.15, 0.2) is 0 Å². The van der Waals surface area contributed by atoms with Gasteiger partial charge in [-0.25, -0.2) is 0 Å². The van der Waals surface area contributed by atoms with Gasteiger partial charge < -0.3 is 5.32 Å². The lowest BCUT2D eigenvalue weighted by atomic mass is 10.2. The molecule has 0 heterocycles. The van der Waals surface area contributed by atoms with E-state index in [1.165, 1.54) is 0 Å². The van der Waals surface area contributed by atoms with Gasteiger partial charge in [0.05, 0.1) is 0 Å². The Labute approximate surface area is 82.1 Å². The van der Waals surface area contributed by atoms with Gasteiger partial charge in [-0.2, -0.15) is 0 Å². The number of nitrogens with one attached hydrogen (secondary N) is 1. The second kappa shape index (κ2) is 3.62. The molecule has 1 amide bonds. The van der Waals surface area contributed by atoms with E-state index in [9.17, 15) is 9.59 Å². The summed E-state index contributed by atoms with van der Waals surface area (Å²) in [6.07, 6.45) is 2.74. The van der Waals surface area contributed by atoms with Crippen LogP contribution >= 0.6 is 0 Å². The van der Waals surface area contributed by atoms with Crippen LogP contribution in [-0.2, 0) is 4.79 Å². The summed E-state index contributed by atoms with van der Waals surface area (Å²) >= 11 is 0. The van der Waals surface area contributed by atoms with Crippen molar-refractivity contribution in [2.75, 3.05) is 5.32 Å². The molecule has 1 aliphatic rings. The molecule has 0 aliphatic heterocycles. The molecule has 0 saturated heterocycles. The minimum absolute atomic E-state index is 0.0630. The summed E-state index contributed by atoms with van der Waals surface area (Å²) in [5, 5.41) is 2.78. The molecule has 1 saturated carbocycles. The van der Waals surface area contributed by atoms with Crippen molar-refractivity contribution in [1.29, 1.82) is 0 Å². The zero-order chi connectivity index (χ0) is 9.97. The van der Waals surface area contributed by atoms with Gasteiger partial charge >= 0.3 is 0 Å². The fraction of sp³-hybridized carbons (Fsp3) is 0.273. The molecule has 0 atom stereocenters. The summed E-state index contributed by atoms with van der Waals surface area (Å²) in [5.41, 5.74) is 1.28. The maximum atomic E-state index is 11.4. The normalized spacial score (nSPS) is 14.9. The number of hydrogen-bond donors (Lipinski definition) is 1. The van der Waals surface area contributed by atoms with Crippen molar-refractivity contribution >= 4 is 17.9 Å². The fourth-order valence-corrected chi connectivity index (χ4v) is 1.28. The number of hydrogen-bond acceptors (Lipinski definition) is 2. The minimum atomic E-state index is 0.0630. The van der Waals surface area contributed by atoms with E-state index in [0.29, 0.717) is 11.3 Å². The Morgan fingerprint density at radius 3 is 2.86 bits per heavy atom. The average molecular weight is 189 g/mol. The largest absolute Gasteiger partial charge is 0.326 e. The van der Waals surface area contributed by atoms with Crippen LogP contribution in [0.4, 0.5) is 5.69 Å². The smallest absolute Gasteiger partial charge is 0.227 e. The highest BCUT2D eigenvalue weighted by atomic mass is 16.2. The van der Waals surface area contributed by atoms with Crippen LogP contribution in [0.2, 0.25) is 0 Å². The first kappa shape index (κ1) is 8.94. The SMILES string of the molecule is O=Cc1cccc(NC(=O)C2CC2)c1. The quantitative estimate of drug-likeness (QED) is 0.737. The number of carbonyl (C=O) groups excluding carboxylic acids is 2. The Balaban J connectivity index is 2.07. The maximum Gasteiger partial charge on any atom is 0.227 e. The molecule has 3 nitrogen and oxygen atoms in total. The van der Waals surface area contributed by atoms with Crippen molar-refractivity contribution in [2.24, 2.45) is 5.92 Å². The summed E-state index contributed by atoms with van der Waals surface area (Å²) in [7, 11) is 0. The van der Waals surface area contributed by atoms with Crippen molar-refractivity contribution in [1.82, 2.24) is 0 Å². The van der Waals surface area contributed by atoms with Crippen LogP contribution in [0.1, 0.15) is 23.2 Å². The molecule has 0 bridgehead atoms. The fourth-order valence-electron chi connectivity index (χ4n) is 1.28. The second-order valence-corrected chi connectivity index (χ2v) is 3.51. The van der Waals surface area contributed by atoms with Crippen LogP contribution in [0, 0.1) is 5.92 Å². The zero-order valence-electron chi connectivity index (χ0n) is 7.69. The topological polar surface area (TPSA) is 46.2 Å². The molecule has 14 heavy (non-hydrogen) atoms. The lowest BCUT2D eigenvalue weighted by molar-refractivity contribution is -0.117. The molecule has 0 spiro atoms. The van der Waals surface area contributed by atoms with E-state index < -0.39 is 0 Å². The van der Waals surface area contributed by atoms with Gasteiger partial charge in [0, 0.05) is 17.2 Å². The molecule has 0 unspecified atom stereocenters. The summed E-state index contributed by atoms with van der Waals surface area (Å²) in [6.45, 7) is 0. The average Bonchev–Trinajstić information content (AvgIpc) is 3.01. The van der Waals surface area contributed by atoms with Crippen LogP contribution in [0.25, 0.3) is 0 Å². The third-order valence-electron chi connectivity index (χ3n) is 2.24. The Morgan fingerprint density at radius 1 is 1.43 bits per heavy atom. The van der Waals surface area contributed by atoms with E-state index in [1.54, 1.807) is 24.3 Å². The Morgan fingerprint density at radius 2 is 2.21 bits per heavy atom. The van der Waals surface area contributed by atoms with E-state index in [0.717, 1.165) is 19.1 Å². The molecule has 1 fully saturated rings. The number of anilines is 1. The predicted molar refractivity (Wildman–Crippen MR) is 53.2 cm³/mol. The molecule has 1 aromatic rings. The Kier molecular flexibility index (Phi) is 2.31. The molecule has 0 radical (unpaired) electrons. The molecular formula is C11H11NO2. The van der Waals surface area contributed by atoms with Crippen molar-refractivity contribution in [3.05, 3.63) is 29.8 Å². The molecular weight excluding hydrogens is 178 g/mol. The van der Waals surface area contributed by atoms with Crippen LogP contribution in [-0.4, -0.2) is 12.2 Å². The van der Waals surface area contributed by atoms with Crippen molar-refractivity contribution in [2.45, 2.75) is 12.8 Å². The second-order valence-electron chi connectivity index (χ2n) is 3.51. The molecule has 0 aromatic heterocycles. The molecule has 72 valence electrons. The monoisotopic (exact) mass is 189 g/mol. The highest BCUT2D eigenvalue weighted by Crippen LogP contribution is 2.30. The first-order valence-corrected chi connectivity index (χ1v) is 4.66. The number of amides is 1. The first-order chi connectivity index (χ1) is 6.79. The molecule has 3 heteroatoms. The highest BCUT2D eigenvalue weighted by molar-refractivity contribution is 5.94. The van der Waals surface area contributed by atoms with E-state index in [2.05, 4.69) is 5.32 Å². The number of carbonyl (C=O) groups is 2. The summed E-state index contributed by atoms with van der Waals surface area (Å²) in [4.78, 5) is 21.9. The van der Waals surface area contributed by atoms with Crippen molar-refractivity contribution < 1.29 is 9.59 Å². The van der Waals surface area contributed by atoms with Gasteiger partial charge in [0.2, 0.25) is 5.91 Å². The summed E-state index contributed by atoms with van der Waals surface area (Å²) in [6, 6.07) is 6.92. The van der Waals surface area contributed by atoms with E-state index in [4.69, 9.17) is 0 Å². The van der Waals surface area contributed by atoms with E-state index in [1.807, 2.05) is 0 Å². The van der Waals surface area contributed by atoms with Gasteiger partial charge in [0.25, 0.3) is 0 Å². The summed E-state index contributed by atoms with van der Waals surface area (Å²) in [5.74, 6) is 0.253. The third kappa shape index (κ3) is 1.99. The van der Waals surface area contributed by atoms with Crippen LogP contribution in [0.5, 0.6) is 0 Å². The van der Waals surface area contributed by atoms with Gasteiger partial charge in [-0.3, -0.25) is 9.59 Å². The highest BCUT2D eigenvalue weighted by Gasteiger charge is 2.29. The molecule has 2 rings (SSSR count). The third-order valence-corrected chi connectivity index (χ3v) is 2.24. The number of aldehydes is 1. The minimum Gasteiger partial charge on any atom is -0.326 e.